The number of nitrogens with one attached hydrogen (secondary N) is 1. The van der Waals surface area contributed by atoms with Crippen LogP contribution in [0, 0.1) is 6.92 Å². The molecule has 1 aliphatic rings. The number of hydrogen-bond donors (Lipinski definition) is 1. The first-order valence-corrected chi connectivity index (χ1v) is 7.82. The second kappa shape index (κ2) is 6.60. The number of rotatable bonds is 3. The SMILES string of the molecule is Cc1ncccc1C(=O)Nc1ccc(N2CCCCC2)cc1. The van der Waals surface area contributed by atoms with Gasteiger partial charge in [0, 0.05) is 36.4 Å². The van der Waals surface area contributed by atoms with Crippen molar-refractivity contribution >= 4 is 17.3 Å². The first-order valence-electron chi connectivity index (χ1n) is 7.82. The summed E-state index contributed by atoms with van der Waals surface area (Å²) in [7, 11) is 0. The van der Waals surface area contributed by atoms with E-state index in [0.29, 0.717) is 5.56 Å². The van der Waals surface area contributed by atoms with Crippen molar-refractivity contribution in [2.24, 2.45) is 0 Å². The molecule has 4 heteroatoms. The number of piperidine rings is 1. The van der Waals surface area contributed by atoms with Crippen molar-refractivity contribution in [3.8, 4) is 0 Å². The smallest absolute Gasteiger partial charge is 0.257 e. The number of aryl methyl sites for hydroxylation is 1. The fourth-order valence-corrected chi connectivity index (χ4v) is 2.83. The van der Waals surface area contributed by atoms with Crippen molar-refractivity contribution in [2.45, 2.75) is 26.2 Å². The van der Waals surface area contributed by atoms with Gasteiger partial charge in [-0.05, 0) is 62.6 Å². The minimum atomic E-state index is -0.115. The van der Waals surface area contributed by atoms with Gasteiger partial charge in [0.2, 0.25) is 0 Å². The fraction of sp³-hybridized carbons (Fsp3) is 0.333. The van der Waals surface area contributed by atoms with E-state index in [1.54, 1.807) is 18.3 Å². The molecule has 1 N–H and O–H groups in total. The molecule has 0 atom stereocenters. The normalized spacial score (nSPS) is 14.7. The van der Waals surface area contributed by atoms with Gasteiger partial charge in [0.25, 0.3) is 5.91 Å². The Hall–Kier alpha value is -2.36. The van der Waals surface area contributed by atoms with E-state index in [0.717, 1.165) is 24.5 Å². The van der Waals surface area contributed by atoms with E-state index in [9.17, 15) is 4.79 Å². The molecule has 1 amide bonds. The van der Waals surface area contributed by atoms with Crippen LogP contribution >= 0.6 is 0 Å². The molecule has 1 aliphatic heterocycles. The van der Waals surface area contributed by atoms with E-state index >= 15 is 0 Å². The van der Waals surface area contributed by atoms with Gasteiger partial charge in [-0.25, -0.2) is 0 Å². The number of aromatic nitrogens is 1. The van der Waals surface area contributed by atoms with E-state index in [2.05, 4.69) is 27.3 Å². The highest BCUT2D eigenvalue weighted by Gasteiger charge is 2.12. The summed E-state index contributed by atoms with van der Waals surface area (Å²) in [6.45, 7) is 4.09. The zero-order chi connectivity index (χ0) is 15.4. The maximum atomic E-state index is 12.3. The molecule has 0 aliphatic carbocycles. The minimum absolute atomic E-state index is 0.115. The number of anilines is 2. The monoisotopic (exact) mass is 295 g/mol. The first kappa shape index (κ1) is 14.6. The van der Waals surface area contributed by atoms with Crippen LogP contribution in [-0.4, -0.2) is 24.0 Å². The number of hydrogen-bond acceptors (Lipinski definition) is 3. The van der Waals surface area contributed by atoms with Gasteiger partial charge in [-0.2, -0.15) is 0 Å². The second-order valence-electron chi connectivity index (χ2n) is 5.69. The van der Waals surface area contributed by atoms with E-state index in [1.165, 1.54) is 24.9 Å². The van der Waals surface area contributed by atoms with Crippen molar-refractivity contribution in [3.63, 3.8) is 0 Å². The molecule has 0 radical (unpaired) electrons. The molecule has 2 heterocycles. The lowest BCUT2D eigenvalue weighted by Gasteiger charge is -2.28. The highest BCUT2D eigenvalue weighted by Crippen LogP contribution is 2.22. The summed E-state index contributed by atoms with van der Waals surface area (Å²) in [5.74, 6) is -0.115. The van der Waals surface area contributed by atoms with Gasteiger partial charge in [0.15, 0.2) is 0 Å². The largest absolute Gasteiger partial charge is 0.372 e. The summed E-state index contributed by atoms with van der Waals surface area (Å²) >= 11 is 0. The molecule has 0 spiro atoms. The molecule has 3 rings (SSSR count). The molecule has 0 unspecified atom stereocenters. The zero-order valence-electron chi connectivity index (χ0n) is 12.9. The van der Waals surface area contributed by atoms with Crippen molar-refractivity contribution in [1.29, 1.82) is 0 Å². The summed E-state index contributed by atoms with van der Waals surface area (Å²) in [4.78, 5) is 18.8. The van der Waals surface area contributed by atoms with Crippen molar-refractivity contribution in [1.82, 2.24) is 4.98 Å². The first-order chi connectivity index (χ1) is 10.7. The Balaban J connectivity index is 1.68. The molecule has 1 aromatic heterocycles. The lowest BCUT2D eigenvalue weighted by molar-refractivity contribution is 0.102. The molecule has 1 saturated heterocycles. The Bertz CT molecular complexity index is 646. The number of carbonyl (C=O) groups excluding carboxylic acids is 1. The van der Waals surface area contributed by atoms with Crippen molar-refractivity contribution < 1.29 is 4.79 Å². The number of nitrogens with zero attached hydrogens (tertiary/aromatic N) is 2. The Morgan fingerprint density at radius 3 is 2.50 bits per heavy atom. The van der Waals surface area contributed by atoms with Crippen molar-refractivity contribution in [2.75, 3.05) is 23.3 Å². The Morgan fingerprint density at radius 2 is 1.82 bits per heavy atom. The fourth-order valence-electron chi connectivity index (χ4n) is 2.83. The third-order valence-corrected chi connectivity index (χ3v) is 4.10. The van der Waals surface area contributed by atoms with E-state index in [1.807, 2.05) is 19.1 Å². The molecule has 114 valence electrons. The van der Waals surface area contributed by atoms with Gasteiger partial charge in [0.1, 0.15) is 0 Å². The van der Waals surface area contributed by atoms with Crippen LogP contribution in [0.3, 0.4) is 0 Å². The van der Waals surface area contributed by atoms with Gasteiger partial charge < -0.3 is 10.2 Å². The zero-order valence-corrected chi connectivity index (χ0v) is 12.9. The van der Waals surface area contributed by atoms with E-state index in [-0.39, 0.29) is 5.91 Å². The standard InChI is InChI=1S/C18H21N3O/c1-14-17(6-5-11-19-14)18(22)20-15-7-9-16(10-8-15)21-12-3-2-4-13-21/h5-11H,2-4,12-13H2,1H3,(H,20,22). The quantitative estimate of drug-likeness (QED) is 0.940. The maximum absolute atomic E-state index is 12.3. The third-order valence-electron chi connectivity index (χ3n) is 4.10. The third kappa shape index (κ3) is 3.27. The van der Waals surface area contributed by atoms with Gasteiger partial charge >= 0.3 is 0 Å². The van der Waals surface area contributed by atoms with Crippen LogP contribution in [0.25, 0.3) is 0 Å². The summed E-state index contributed by atoms with van der Waals surface area (Å²) in [5.41, 5.74) is 3.40. The lowest BCUT2D eigenvalue weighted by atomic mass is 10.1. The molecule has 0 saturated carbocycles. The van der Waals surface area contributed by atoms with Gasteiger partial charge in [-0.15, -0.1) is 0 Å². The van der Waals surface area contributed by atoms with Crippen LogP contribution in [0.2, 0.25) is 0 Å². The summed E-state index contributed by atoms with van der Waals surface area (Å²) in [6.07, 6.45) is 5.55. The van der Waals surface area contributed by atoms with Gasteiger partial charge in [-0.1, -0.05) is 0 Å². The van der Waals surface area contributed by atoms with Crippen LogP contribution < -0.4 is 10.2 Å². The topological polar surface area (TPSA) is 45.2 Å². The molecule has 1 fully saturated rings. The molecule has 1 aromatic carbocycles. The number of amides is 1. The molecule has 0 bridgehead atoms. The van der Waals surface area contributed by atoms with Crippen LogP contribution in [0.4, 0.5) is 11.4 Å². The predicted octanol–water partition coefficient (Wildman–Crippen LogP) is 3.63. The van der Waals surface area contributed by atoms with E-state index < -0.39 is 0 Å². The van der Waals surface area contributed by atoms with Crippen LogP contribution in [0.5, 0.6) is 0 Å². The minimum Gasteiger partial charge on any atom is -0.372 e. The predicted molar refractivity (Wildman–Crippen MR) is 89.4 cm³/mol. The summed E-state index contributed by atoms with van der Waals surface area (Å²) in [6, 6.07) is 11.7. The number of carbonyl (C=O) groups is 1. The summed E-state index contributed by atoms with van der Waals surface area (Å²) in [5, 5.41) is 2.93. The van der Waals surface area contributed by atoms with Gasteiger partial charge in [-0.3, -0.25) is 9.78 Å². The molecule has 4 nitrogen and oxygen atoms in total. The van der Waals surface area contributed by atoms with Crippen LogP contribution in [-0.2, 0) is 0 Å². The molecule has 2 aromatic rings. The van der Waals surface area contributed by atoms with Crippen LogP contribution in [0.1, 0.15) is 35.3 Å². The Kier molecular flexibility index (Phi) is 4.37. The lowest BCUT2D eigenvalue weighted by Crippen LogP contribution is -2.29. The van der Waals surface area contributed by atoms with Crippen LogP contribution in [0.15, 0.2) is 42.6 Å². The average molecular weight is 295 g/mol. The van der Waals surface area contributed by atoms with E-state index in [4.69, 9.17) is 0 Å². The molecule has 22 heavy (non-hydrogen) atoms. The van der Waals surface area contributed by atoms with Gasteiger partial charge in [0.05, 0.1) is 5.56 Å². The second-order valence-corrected chi connectivity index (χ2v) is 5.69. The molecular weight excluding hydrogens is 274 g/mol. The highest BCUT2D eigenvalue weighted by molar-refractivity contribution is 6.05. The Morgan fingerprint density at radius 1 is 1.09 bits per heavy atom. The number of benzene rings is 1. The maximum Gasteiger partial charge on any atom is 0.257 e. The molecular formula is C18H21N3O. The average Bonchev–Trinajstić information content (AvgIpc) is 2.57. The van der Waals surface area contributed by atoms with Crippen molar-refractivity contribution in [3.05, 3.63) is 53.9 Å². The number of pyridine rings is 1. The summed E-state index contributed by atoms with van der Waals surface area (Å²) < 4.78 is 0. The Labute approximate surface area is 131 Å². The highest BCUT2D eigenvalue weighted by atomic mass is 16.1.